The van der Waals surface area contributed by atoms with Gasteiger partial charge in [0.25, 0.3) is 0 Å². The van der Waals surface area contributed by atoms with Gasteiger partial charge < -0.3 is 0 Å². The molecule has 0 aliphatic rings. The Balaban J connectivity index is 2.19. The highest BCUT2D eigenvalue weighted by Crippen LogP contribution is 2.41. The van der Waals surface area contributed by atoms with E-state index in [1.54, 1.807) is 0 Å². The molecule has 0 N–H and O–H groups in total. The minimum absolute atomic E-state index is 1.32. The van der Waals surface area contributed by atoms with Gasteiger partial charge in [0.1, 0.15) is 0 Å². The average molecular weight is 274 g/mol. The maximum atomic E-state index is 2.26. The largest absolute Gasteiger partial charge is 0.0617 e. The Hall–Kier alpha value is -0.860. The van der Waals surface area contributed by atoms with Crippen LogP contribution in [0.3, 0.4) is 0 Å². The van der Waals surface area contributed by atoms with Crippen LogP contribution in [0.1, 0.15) is 22.3 Å². The van der Waals surface area contributed by atoms with Gasteiger partial charge in [0.2, 0.25) is 0 Å². The molecule has 0 nitrogen and oxygen atoms in total. The van der Waals surface area contributed by atoms with Crippen LogP contribution in [0.5, 0.6) is 0 Å². The zero-order chi connectivity index (χ0) is 13.1. The van der Waals surface area contributed by atoms with Crippen LogP contribution in [-0.2, 0) is 0 Å². The lowest BCUT2D eigenvalue weighted by Gasteiger charge is -2.10. The predicted octanol–water partition coefficient (Wildman–Crippen LogP) is 5.72. The Kier molecular flexibility index (Phi) is 4.41. The molecule has 0 spiro atoms. The molecule has 0 radical (unpaired) electrons. The Morgan fingerprint density at radius 1 is 0.722 bits per heavy atom. The van der Waals surface area contributed by atoms with Gasteiger partial charge >= 0.3 is 0 Å². The molecule has 0 atom stereocenters. The molecule has 94 valence electrons. The molecule has 0 saturated heterocycles. The quantitative estimate of drug-likeness (QED) is 0.656. The second kappa shape index (κ2) is 5.85. The van der Waals surface area contributed by atoms with Gasteiger partial charge in [-0.1, -0.05) is 51.9 Å². The van der Waals surface area contributed by atoms with E-state index in [9.17, 15) is 0 Å². The van der Waals surface area contributed by atoms with Gasteiger partial charge in [-0.15, -0.1) is 0 Å². The first-order valence-corrected chi connectivity index (χ1v) is 8.21. The fourth-order valence-electron chi connectivity index (χ4n) is 1.81. The summed E-state index contributed by atoms with van der Waals surface area (Å²) in [6, 6.07) is 13.1. The first-order chi connectivity index (χ1) is 8.58. The van der Waals surface area contributed by atoms with E-state index in [4.69, 9.17) is 0 Å². The summed E-state index contributed by atoms with van der Waals surface area (Å²) in [5, 5.41) is 0. The minimum atomic E-state index is 1.32. The second-order valence-electron chi connectivity index (χ2n) is 4.66. The van der Waals surface area contributed by atoms with Gasteiger partial charge in [-0.2, -0.15) is 0 Å². The molecule has 0 fully saturated rings. The van der Waals surface area contributed by atoms with Crippen molar-refractivity contribution in [2.24, 2.45) is 0 Å². The molecule has 0 unspecified atom stereocenters. The van der Waals surface area contributed by atoms with Crippen molar-refractivity contribution in [2.45, 2.75) is 37.5 Å². The first kappa shape index (κ1) is 13.6. The van der Waals surface area contributed by atoms with Crippen molar-refractivity contribution in [3.05, 3.63) is 58.7 Å². The number of hydrogen-bond donors (Lipinski definition) is 0. The van der Waals surface area contributed by atoms with Gasteiger partial charge in [-0.05, 0) is 56.0 Å². The zero-order valence-corrected chi connectivity index (χ0v) is 12.9. The van der Waals surface area contributed by atoms with Gasteiger partial charge in [-0.3, -0.25) is 0 Å². The molecular formula is C16H18S2. The third kappa shape index (κ3) is 3.12. The summed E-state index contributed by atoms with van der Waals surface area (Å²) in [5.74, 6) is 0. The van der Waals surface area contributed by atoms with Crippen molar-refractivity contribution < 1.29 is 0 Å². The minimum Gasteiger partial charge on any atom is -0.0617 e. The maximum Gasteiger partial charge on any atom is 0.0244 e. The van der Waals surface area contributed by atoms with Crippen LogP contribution < -0.4 is 0 Å². The summed E-state index contributed by atoms with van der Waals surface area (Å²) in [7, 11) is 3.73. The molecule has 2 aromatic rings. The van der Waals surface area contributed by atoms with Crippen molar-refractivity contribution >= 4 is 21.6 Å². The summed E-state index contributed by atoms with van der Waals surface area (Å²) < 4.78 is 0. The molecule has 0 amide bonds. The molecule has 0 bridgehead atoms. The van der Waals surface area contributed by atoms with E-state index in [0.717, 1.165) is 0 Å². The van der Waals surface area contributed by atoms with Crippen molar-refractivity contribution in [1.29, 1.82) is 0 Å². The van der Waals surface area contributed by atoms with Crippen LogP contribution in [0.2, 0.25) is 0 Å². The van der Waals surface area contributed by atoms with E-state index >= 15 is 0 Å². The molecule has 0 heterocycles. The predicted molar refractivity (Wildman–Crippen MR) is 83.5 cm³/mol. The van der Waals surface area contributed by atoms with Crippen LogP contribution >= 0.6 is 21.6 Å². The van der Waals surface area contributed by atoms with Crippen molar-refractivity contribution in [1.82, 2.24) is 0 Å². The maximum absolute atomic E-state index is 2.26. The Labute approximate surface area is 118 Å². The standard InChI is InChI=1S/C16H18S2/c1-11-8-9-12(2)15(10-11)17-18-16-13(3)6-5-7-14(16)4/h5-10H,1-4H3. The molecule has 2 heteroatoms. The SMILES string of the molecule is Cc1ccc(C)c(SSc2c(C)cccc2C)c1. The lowest BCUT2D eigenvalue weighted by atomic mass is 10.2. The molecular weight excluding hydrogens is 256 g/mol. The van der Waals surface area contributed by atoms with Gasteiger partial charge in [-0.25, -0.2) is 0 Å². The fraction of sp³-hybridized carbons (Fsp3) is 0.250. The van der Waals surface area contributed by atoms with E-state index in [-0.39, 0.29) is 0 Å². The average Bonchev–Trinajstić information content (AvgIpc) is 2.33. The fourth-order valence-corrected chi connectivity index (χ4v) is 4.67. The molecule has 2 aromatic carbocycles. The molecule has 0 aromatic heterocycles. The number of benzene rings is 2. The Morgan fingerprint density at radius 3 is 2.06 bits per heavy atom. The van der Waals surface area contributed by atoms with Crippen molar-refractivity contribution in [3.8, 4) is 0 Å². The van der Waals surface area contributed by atoms with Crippen molar-refractivity contribution in [3.63, 3.8) is 0 Å². The van der Waals surface area contributed by atoms with Crippen LogP contribution in [-0.4, -0.2) is 0 Å². The first-order valence-electron chi connectivity index (χ1n) is 6.06. The lowest BCUT2D eigenvalue weighted by molar-refractivity contribution is 1.22. The molecule has 0 aliphatic carbocycles. The van der Waals surface area contributed by atoms with Gasteiger partial charge in [0, 0.05) is 9.79 Å². The summed E-state index contributed by atoms with van der Waals surface area (Å²) in [5.41, 5.74) is 5.39. The van der Waals surface area contributed by atoms with Crippen LogP contribution in [0.15, 0.2) is 46.2 Å². The molecule has 0 aliphatic heterocycles. The smallest absolute Gasteiger partial charge is 0.0244 e. The van der Waals surface area contributed by atoms with Crippen LogP contribution in [0, 0.1) is 27.7 Å². The summed E-state index contributed by atoms with van der Waals surface area (Å²) in [4.78, 5) is 2.76. The number of aryl methyl sites for hydroxylation is 4. The topological polar surface area (TPSA) is 0 Å². The van der Waals surface area contributed by atoms with E-state index in [2.05, 4.69) is 64.1 Å². The third-order valence-corrected chi connectivity index (χ3v) is 5.77. The molecule has 2 rings (SSSR count). The highest BCUT2D eigenvalue weighted by atomic mass is 33.1. The van der Waals surface area contributed by atoms with Crippen LogP contribution in [0.4, 0.5) is 0 Å². The van der Waals surface area contributed by atoms with E-state index in [0.29, 0.717) is 0 Å². The lowest BCUT2D eigenvalue weighted by Crippen LogP contribution is -1.83. The highest BCUT2D eigenvalue weighted by molar-refractivity contribution is 8.76. The number of rotatable bonds is 3. The monoisotopic (exact) mass is 274 g/mol. The van der Waals surface area contributed by atoms with E-state index in [1.165, 1.54) is 32.0 Å². The second-order valence-corrected chi connectivity index (χ2v) is 6.84. The van der Waals surface area contributed by atoms with Crippen LogP contribution in [0.25, 0.3) is 0 Å². The summed E-state index contributed by atoms with van der Waals surface area (Å²) in [6.07, 6.45) is 0. The highest BCUT2D eigenvalue weighted by Gasteiger charge is 2.06. The molecule has 18 heavy (non-hydrogen) atoms. The Bertz CT molecular complexity index is 539. The van der Waals surface area contributed by atoms with E-state index < -0.39 is 0 Å². The summed E-state index contributed by atoms with van der Waals surface area (Å²) >= 11 is 0. The van der Waals surface area contributed by atoms with Crippen molar-refractivity contribution in [2.75, 3.05) is 0 Å². The van der Waals surface area contributed by atoms with E-state index in [1.807, 2.05) is 21.6 Å². The molecule has 0 saturated carbocycles. The normalized spacial score (nSPS) is 10.7. The zero-order valence-electron chi connectivity index (χ0n) is 11.3. The number of hydrogen-bond acceptors (Lipinski definition) is 2. The van der Waals surface area contributed by atoms with Gasteiger partial charge in [0.05, 0.1) is 0 Å². The Morgan fingerprint density at radius 2 is 1.39 bits per heavy atom. The van der Waals surface area contributed by atoms with Gasteiger partial charge in [0.15, 0.2) is 0 Å². The third-order valence-electron chi connectivity index (χ3n) is 2.97. The summed E-state index contributed by atoms with van der Waals surface area (Å²) in [6.45, 7) is 8.68.